The van der Waals surface area contributed by atoms with Gasteiger partial charge in [-0.1, -0.05) is 71.2 Å². The molecule has 30 heavy (non-hydrogen) atoms. The summed E-state index contributed by atoms with van der Waals surface area (Å²) >= 11 is 12.1. The molecule has 0 fully saturated rings. The number of halogens is 2. The van der Waals surface area contributed by atoms with Gasteiger partial charge >= 0.3 is 0 Å². The fourth-order valence-electron chi connectivity index (χ4n) is 3.61. The second-order valence-electron chi connectivity index (χ2n) is 7.33. The predicted molar refractivity (Wildman–Crippen MR) is 122 cm³/mol. The van der Waals surface area contributed by atoms with Crippen LogP contribution >= 0.6 is 23.2 Å². The zero-order valence-corrected chi connectivity index (χ0v) is 18.8. The van der Waals surface area contributed by atoms with Crippen LogP contribution in [0.2, 0.25) is 10.0 Å². The van der Waals surface area contributed by atoms with Gasteiger partial charge in [0.05, 0.1) is 14.9 Å². The van der Waals surface area contributed by atoms with Gasteiger partial charge in [0.1, 0.15) is 0 Å². The van der Waals surface area contributed by atoms with E-state index in [-0.39, 0.29) is 10.9 Å². The van der Waals surface area contributed by atoms with Gasteiger partial charge in [-0.3, -0.25) is 4.55 Å². The molecule has 4 rings (SSSR count). The summed E-state index contributed by atoms with van der Waals surface area (Å²) in [7, 11) is -4.02. The Balaban J connectivity index is 0.000000199. The van der Waals surface area contributed by atoms with Gasteiger partial charge < -0.3 is 5.73 Å². The van der Waals surface area contributed by atoms with Crippen LogP contribution in [0.3, 0.4) is 0 Å². The Morgan fingerprint density at radius 1 is 0.900 bits per heavy atom. The first-order valence-corrected chi connectivity index (χ1v) is 11.7. The lowest BCUT2D eigenvalue weighted by atomic mass is 9.77. The average Bonchev–Trinajstić information content (AvgIpc) is 2.71. The van der Waals surface area contributed by atoms with Gasteiger partial charge in [0.2, 0.25) is 0 Å². The maximum Gasteiger partial charge on any atom is 0.294 e. The molecule has 2 atom stereocenters. The lowest BCUT2D eigenvalue weighted by Gasteiger charge is -2.30. The molecule has 0 bridgehead atoms. The first-order valence-electron chi connectivity index (χ1n) is 9.50. The van der Waals surface area contributed by atoms with Crippen LogP contribution < -0.4 is 5.73 Å². The van der Waals surface area contributed by atoms with Gasteiger partial charge in [0.15, 0.2) is 0 Å². The lowest BCUT2D eigenvalue weighted by molar-refractivity contribution is 0.483. The molecular formula is C23H23Cl2NO3S. The molecule has 158 valence electrons. The van der Waals surface area contributed by atoms with Crippen molar-refractivity contribution in [1.82, 2.24) is 0 Å². The molecule has 0 amide bonds. The molecule has 0 saturated heterocycles. The number of nitrogens with two attached hydrogens (primary N) is 1. The number of rotatable bonds is 2. The van der Waals surface area contributed by atoms with Crippen LogP contribution in [0.4, 0.5) is 0 Å². The van der Waals surface area contributed by atoms with E-state index in [2.05, 4.69) is 30.3 Å². The van der Waals surface area contributed by atoms with E-state index in [0.717, 1.165) is 18.4 Å². The minimum atomic E-state index is -4.02. The molecule has 7 heteroatoms. The number of hydrogen-bond donors (Lipinski definition) is 2. The van der Waals surface area contributed by atoms with Crippen LogP contribution in [-0.2, 0) is 10.1 Å². The highest BCUT2D eigenvalue weighted by Gasteiger charge is 2.26. The normalized spacial score (nSPS) is 18.2. The van der Waals surface area contributed by atoms with Crippen molar-refractivity contribution in [3.05, 3.63) is 99.0 Å². The molecule has 0 unspecified atom stereocenters. The Morgan fingerprint density at radius 3 is 2.13 bits per heavy atom. The Bertz CT molecular complexity index is 1130. The van der Waals surface area contributed by atoms with Crippen LogP contribution in [0.5, 0.6) is 0 Å². The molecule has 0 spiro atoms. The molecule has 0 saturated carbocycles. The van der Waals surface area contributed by atoms with Crippen molar-refractivity contribution >= 4 is 33.3 Å². The smallest absolute Gasteiger partial charge is 0.294 e. The van der Waals surface area contributed by atoms with E-state index in [1.54, 1.807) is 12.1 Å². The first-order chi connectivity index (χ1) is 14.2. The third-order valence-corrected chi connectivity index (χ3v) is 6.81. The topological polar surface area (TPSA) is 80.4 Å². The highest BCUT2D eigenvalue weighted by atomic mass is 35.5. The number of aryl methyl sites for hydroxylation is 1. The summed E-state index contributed by atoms with van der Waals surface area (Å²) in [6, 6.07) is 20.5. The summed E-state index contributed by atoms with van der Waals surface area (Å²) in [5.41, 5.74) is 10.9. The Kier molecular flexibility index (Phi) is 7.22. The van der Waals surface area contributed by atoms with Gasteiger partial charge in [-0.25, -0.2) is 0 Å². The summed E-state index contributed by atoms with van der Waals surface area (Å²) in [6.07, 6.45) is 2.05. The zero-order valence-electron chi connectivity index (χ0n) is 16.4. The number of benzene rings is 3. The van der Waals surface area contributed by atoms with Crippen molar-refractivity contribution < 1.29 is 13.0 Å². The highest BCUT2D eigenvalue weighted by molar-refractivity contribution is 7.85. The molecule has 4 nitrogen and oxygen atoms in total. The molecule has 1 aliphatic carbocycles. The fourth-order valence-corrected chi connectivity index (χ4v) is 4.40. The monoisotopic (exact) mass is 463 g/mol. The second kappa shape index (κ2) is 9.50. The van der Waals surface area contributed by atoms with E-state index in [1.165, 1.54) is 28.8 Å². The molecule has 3 N–H and O–H groups in total. The van der Waals surface area contributed by atoms with Crippen molar-refractivity contribution in [3.63, 3.8) is 0 Å². The standard InChI is InChI=1S/C16H15Cl2N.C7H8O3S/c17-14-7-5-10(9-15(14)18)11-6-8-16(19)13-4-2-1-3-12(11)13;1-6-2-4-7(5-3-6)11(8,9)10/h1-5,7,9,11,16H,6,8,19H2;2-5H,1H3,(H,8,9,10)/t11-,16-;/m0./s1. The quantitative estimate of drug-likeness (QED) is 0.445. The summed E-state index contributed by atoms with van der Waals surface area (Å²) < 4.78 is 29.6. The number of fused-ring (bicyclic) bond motifs is 1. The van der Waals surface area contributed by atoms with Crippen molar-refractivity contribution in [2.75, 3.05) is 0 Å². The minimum Gasteiger partial charge on any atom is -0.324 e. The Hall–Kier alpha value is -1.89. The molecule has 0 heterocycles. The average molecular weight is 464 g/mol. The SMILES string of the molecule is Cc1ccc(S(=O)(=O)O)cc1.N[C@H]1CC[C@@H](c2ccc(Cl)c(Cl)c2)c2ccccc21. The van der Waals surface area contributed by atoms with Gasteiger partial charge in [-0.05, 0) is 60.7 Å². The van der Waals surface area contributed by atoms with Crippen LogP contribution in [0.1, 0.15) is 47.1 Å². The maximum absolute atomic E-state index is 10.5. The lowest BCUT2D eigenvalue weighted by Crippen LogP contribution is -2.20. The molecule has 1 aliphatic rings. The minimum absolute atomic E-state index is 0.0666. The second-order valence-corrected chi connectivity index (χ2v) is 9.56. The van der Waals surface area contributed by atoms with E-state index in [1.807, 2.05) is 19.1 Å². The highest BCUT2D eigenvalue weighted by Crippen LogP contribution is 2.41. The van der Waals surface area contributed by atoms with Crippen LogP contribution in [0.25, 0.3) is 0 Å². The van der Waals surface area contributed by atoms with E-state index in [4.69, 9.17) is 33.5 Å². The van der Waals surface area contributed by atoms with Gasteiger partial charge in [-0.2, -0.15) is 8.42 Å². The maximum atomic E-state index is 10.5. The van der Waals surface area contributed by atoms with E-state index < -0.39 is 10.1 Å². The Morgan fingerprint density at radius 2 is 1.53 bits per heavy atom. The third kappa shape index (κ3) is 5.42. The fraction of sp³-hybridized carbons (Fsp3) is 0.217. The van der Waals surface area contributed by atoms with Crippen LogP contribution in [0, 0.1) is 6.92 Å². The van der Waals surface area contributed by atoms with E-state index >= 15 is 0 Å². The van der Waals surface area contributed by atoms with E-state index in [0.29, 0.717) is 16.0 Å². The van der Waals surface area contributed by atoms with Crippen molar-refractivity contribution in [3.8, 4) is 0 Å². The zero-order chi connectivity index (χ0) is 21.9. The molecule has 0 aliphatic heterocycles. The van der Waals surface area contributed by atoms with Crippen LogP contribution in [0.15, 0.2) is 71.6 Å². The summed E-state index contributed by atoms with van der Waals surface area (Å²) in [4.78, 5) is -0.0666. The first kappa shape index (κ1) is 22.8. The summed E-state index contributed by atoms with van der Waals surface area (Å²) in [5, 5.41) is 1.22. The largest absolute Gasteiger partial charge is 0.324 e. The summed E-state index contributed by atoms with van der Waals surface area (Å²) in [5.74, 6) is 0.366. The molecule has 3 aromatic carbocycles. The molecular weight excluding hydrogens is 441 g/mol. The van der Waals surface area contributed by atoms with Crippen LogP contribution in [-0.4, -0.2) is 13.0 Å². The third-order valence-electron chi connectivity index (χ3n) is 5.20. The van der Waals surface area contributed by atoms with Crippen molar-refractivity contribution in [2.45, 2.75) is 36.6 Å². The van der Waals surface area contributed by atoms with E-state index in [9.17, 15) is 8.42 Å². The van der Waals surface area contributed by atoms with Gasteiger partial charge in [0, 0.05) is 12.0 Å². The van der Waals surface area contributed by atoms with Crippen molar-refractivity contribution in [1.29, 1.82) is 0 Å². The molecule has 3 aromatic rings. The summed E-state index contributed by atoms with van der Waals surface area (Å²) in [6.45, 7) is 1.84. The Labute approximate surface area is 187 Å². The van der Waals surface area contributed by atoms with Gasteiger partial charge in [-0.15, -0.1) is 0 Å². The van der Waals surface area contributed by atoms with Gasteiger partial charge in [0.25, 0.3) is 10.1 Å². The predicted octanol–water partition coefficient (Wildman–Crippen LogP) is 6.16. The van der Waals surface area contributed by atoms with Crippen molar-refractivity contribution in [2.24, 2.45) is 5.73 Å². The molecule has 0 radical (unpaired) electrons. The number of hydrogen-bond acceptors (Lipinski definition) is 3. The molecule has 0 aromatic heterocycles.